The summed E-state index contributed by atoms with van der Waals surface area (Å²) in [5, 5.41) is 12.1. The number of rotatable bonds is 4. The lowest BCUT2D eigenvalue weighted by Gasteiger charge is -2.42. The standard InChI is InChI=1S/C18H31N3O5/c1-6-20(5)17(25)21-12-7-8-13(21)10-11(9-12)14(15(22)23)19-16(24)26-18(2,3)4/h11-14H,6-10H2,1-5H3,(H,19,24)(H,22,23). The molecule has 0 aromatic rings. The van der Waals surface area contributed by atoms with Crippen LogP contribution in [-0.4, -0.2) is 70.3 Å². The van der Waals surface area contributed by atoms with Gasteiger partial charge in [-0.2, -0.15) is 0 Å². The second-order valence-corrected chi connectivity index (χ2v) is 8.28. The van der Waals surface area contributed by atoms with E-state index >= 15 is 0 Å². The number of carbonyl (C=O) groups is 3. The molecule has 3 amide bonds. The van der Waals surface area contributed by atoms with Gasteiger partial charge in [0.1, 0.15) is 11.6 Å². The zero-order chi connectivity index (χ0) is 19.6. The Bertz CT molecular complexity index is 546. The van der Waals surface area contributed by atoms with Crippen molar-refractivity contribution < 1.29 is 24.2 Å². The van der Waals surface area contributed by atoms with Gasteiger partial charge in [0.25, 0.3) is 0 Å². The molecule has 0 aromatic heterocycles. The molecule has 8 heteroatoms. The number of carboxylic acid groups (broad SMARTS) is 1. The predicted molar refractivity (Wildman–Crippen MR) is 95.9 cm³/mol. The van der Waals surface area contributed by atoms with Crippen LogP contribution in [0.3, 0.4) is 0 Å². The minimum atomic E-state index is -1.06. The number of amides is 3. The van der Waals surface area contributed by atoms with Gasteiger partial charge in [0.05, 0.1) is 0 Å². The van der Waals surface area contributed by atoms with Gasteiger partial charge < -0.3 is 25.0 Å². The van der Waals surface area contributed by atoms with E-state index < -0.39 is 23.7 Å². The van der Waals surface area contributed by atoms with Gasteiger partial charge in [0, 0.05) is 25.7 Å². The third kappa shape index (κ3) is 4.59. The van der Waals surface area contributed by atoms with Crippen molar-refractivity contribution in [1.82, 2.24) is 15.1 Å². The maximum atomic E-state index is 12.6. The van der Waals surface area contributed by atoms with Crippen molar-refractivity contribution in [3.8, 4) is 0 Å². The van der Waals surface area contributed by atoms with Gasteiger partial charge in [-0.25, -0.2) is 14.4 Å². The smallest absolute Gasteiger partial charge is 0.408 e. The molecule has 26 heavy (non-hydrogen) atoms. The van der Waals surface area contributed by atoms with Crippen LogP contribution in [0.25, 0.3) is 0 Å². The van der Waals surface area contributed by atoms with Crippen LogP contribution in [-0.2, 0) is 9.53 Å². The van der Waals surface area contributed by atoms with Crippen LogP contribution in [0.2, 0.25) is 0 Å². The van der Waals surface area contributed by atoms with Crippen molar-refractivity contribution in [1.29, 1.82) is 0 Å². The number of aliphatic carboxylic acids is 1. The topological polar surface area (TPSA) is 99.2 Å². The molecule has 0 radical (unpaired) electrons. The quantitative estimate of drug-likeness (QED) is 0.792. The van der Waals surface area contributed by atoms with E-state index in [4.69, 9.17) is 4.74 Å². The fraction of sp³-hybridized carbons (Fsp3) is 0.833. The van der Waals surface area contributed by atoms with Gasteiger partial charge in [-0.1, -0.05) is 0 Å². The van der Waals surface area contributed by atoms with Crippen LogP contribution in [0.4, 0.5) is 9.59 Å². The number of alkyl carbamates (subject to hydrolysis) is 1. The Morgan fingerprint density at radius 1 is 1.23 bits per heavy atom. The van der Waals surface area contributed by atoms with E-state index in [1.807, 2.05) is 11.8 Å². The summed E-state index contributed by atoms with van der Waals surface area (Å²) in [6.45, 7) is 7.76. The monoisotopic (exact) mass is 369 g/mol. The molecule has 2 aliphatic heterocycles. The van der Waals surface area contributed by atoms with E-state index in [2.05, 4.69) is 5.32 Å². The molecule has 0 spiro atoms. The zero-order valence-corrected chi connectivity index (χ0v) is 16.3. The fourth-order valence-corrected chi connectivity index (χ4v) is 3.95. The normalized spacial score (nSPS) is 26.2. The van der Waals surface area contributed by atoms with Crippen LogP contribution in [0.5, 0.6) is 0 Å². The molecule has 148 valence electrons. The maximum absolute atomic E-state index is 12.6. The SMILES string of the molecule is CCN(C)C(=O)N1C2CCC1CC(C(NC(=O)OC(C)(C)C)C(=O)O)C2. The molecule has 3 atom stereocenters. The van der Waals surface area contributed by atoms with Gasteiger partial charge in [-0.05, 0) is 59.3 Å². The first kappa shape index (κ1) is 20.3. The van der Waals surface area contributed by atoms with Gasteiger partial charge in [-0.15, -0.1) is 0 Å². The predicted octanol–water partition coefficient (Wildman–Crippen LogP) is 2.28. The lowest BCUT2D eigenvalue weighted by molar-refractivity contribution is -0.141. The van der Waals surface area contributed by atoms with E-state index in [0.717, 1.165) is 12.8 Å². The van der Waals surface area contributed by atoms with E-state index in [1.165, 1.54) is 0 Å². The van der Waals surface area contributed by atoms with Crippen LogP contribution in [0.1, 0.15) is 53.4 Å². The van der Waals surface area contributed by atoms with Crippen molar-refractivity contribution in [3.63, 3.8) is 0 Å². The molecular weight excluding hydrogens is 338 g/mol. The zero-order valence-electron chi connectivity index (χ0n) is 16.3. The largest absolute Gasteiger partial charge is 0.480 e. The Morgan fingerprint density at radius 3 is 2.19 bits per heavy atom. The number of hydrogen-bond donors (Lipinski definition) is 2. The highest BCUT2D eigenvalue weighted by atomic mass is 16.6. The Labute approximate surface area is 154 Å². The average Bonchev–Trinajstić information content (AvgIpc) is 2.79. The number of urea groups is 1. The molecule has 2 bridgehead atoms. The summed E-state index contributed by atoms with van der Waals surface area (Å²) >= 11 is 0. The summed E-state index contributed by atoms with van der Waals surface area (Å²) in [6.07, 6.45) is 2.19. The Morgan fingerprint density at radius 2 is 1.77 bits per heavy atom. The molecular formula is C18H31N3O5. The number of nitrogens with one attached hydrogen (secondary N) is 1. The number of ether oxygens (including phenoxy) is 1. The highest BCUT2D eigenvalue weighted by Gasteiger charge is 2.47. The Kier molecular flexibility index (Phi) is 6.03. The second kappa shape index (κ2) is 7.72. The van der Waals surface area contributed by atoms with Crippen molar-refractivity contribution in [2.24, 2.45) is 5.92 Å². The first-order chi connectivity index (χ1) is 12.0. The molecule has 2 rings (SSSR count). The number of fused-ring (bicyclic) bond motifs is 2. The summed E-state index contributed by atoms with van der Waals surface area (Å²) in [4.78, 5) is 39.9. The maximum Gasteiger partial charge on any atom is 0.408 e. The minimum Gasteiger partial charge on any atom is -0.480 e. The van der Waals surface area contributed by atoms with Gasteiger partial charge >= 0.3 is 18.1 Å². The first-order valence-corrected chi connectivity index (χ1v) is 9.29. The molecule has 2 saturated heterocycles. The Hall–Kier alpha value is -1.99. The molecule has 2 heterocycles. The highest BCUT2D eigenvalue weighted by molar-refractivity contribution is 5.80. The summed E-state index contributed by atoms with van der Waals surface area (Å²) in [7, 11) is 1.78. The highest BCUT2D eigenvalue weighted by Crippen LogP contribution is 2.40. The number of hydrogen-bond acceptors (Lipinski definition) is 4. The van der Waals surface area contributed by atoms with Crippen LogP contribution in [0, 0.1) is 5.92 Å². The van der Waals surface area contributed by atoms with Crippen molar-refractivity contribution in [3.05, 3.63) is 0 Å². The number of carboxylic acids is 1. The third-order valence-electron chi connectivity index (χ3n) is 5.20. The van der Waals surface area contributed by atoms with Crippen molar-refractivity contribution >= 4 is 18.1 Å². The molecule has 0 aromatic carbocycles. The fourth-order valence-electron chi connectivity index (χ4n) is 3.95. The van der Waals surface area contributed by atoms with Gasteiger partial charge in [-0.3, -0.25) is 0 Å². The van der Waals surface area contributed by atoms with Crippen molar-refractivity contribution in [2.45, 2.75) is 77.1 Å². The molecule has 8 nitrogen and oxygen atoms in total. The number of carbonyl (C=O) groups excluding carboxylic acids is 2. The van der Waals surface area contributed by atoms with Gasteiger partial charge in [0.2, 0.25) is 0 Å². The molecule has 2 fully saturated rings. The first-order valence-electron chi connectivity index (χ1n) is 9.29. The lowest BCUT2D eigenvalue weighted by atomic mass is 9.85. The summed E-state index contributed by atoms with van der Waals surface area (Å²) < 4.78 is 5.20. The van der Waals surface area contributed by atoms with Crippen LogP contribution in [0.15, 0.2) is 0 Å². The third-order valence-corrected chi connectivity index (χ3v) is 5.20. The van der Waals surface area contributed by atoms with E-state index in [1.54, 1.807) is 32.7 Å². The molecule has 2 aliphatic rings. The summed E-state index contributed by atoms with van der Waals surface area (Å²) in [5.74, 6) is -1.28. The van der Waals surface area contributed by atoms with E-state index in [0.29, 0.717) is 19.4 Å². The molecule has 0 saturated carbocycles. The Balaban J connectivity index is 2.06. The molecule has 2 N–H and O–H groups in total. The minimum absolute atomic E-state index is 0.00502. The molecule has 0 aliphatic carbocycles. The van der Waals surface area contributed by atoms with Crippen LogP contribution < -0.4 is 5.32 Å². The molecule has 3 unspecified atom stereocenters. The average molecular weight is 369 g/mol. The summed E-state index contributed by atoms with van der Waals surface area (Å²) in [6, 6.07) is -0.940. The lowest BCUT2D eigenvalue weighted by Crippen LogP contribution is -2.56. The number of piperidine rings is 1. The van der Waals surface area contributed by atoms with E-state index in [-0.39, 0.29) is 24.0 Å². The van der Waals surface area contributed by atoms with E-state index in [9.17, 15) is 19.5 Å². The van der Waals surface area contributed by atoms with Gasteiger partial charge in [0.15, 0.2) is 0 Å². The van der Waals surface area contributed by atoms with Crippen LogP contribution >= 0.6 is 0 Å². The van der Waals surface area contributed by atoms with Crippen molar-refractivity contribution in [2.75, 3.05) is 13.6 Å². The second-order valence-electron chi connectivity index (χ2n) is 8.28. The summed E-state index contributed by atoms with van der Waals surface area (Å²) in [5.41, 5.74) is -0.688. The number of nitrogens with zero attached hydrogens (tertiary/aromatic N) is 2.